The lowest BCUT2D eigenvalue weighted by atomic mass is 9.85. The molecule has 0 aromatic heterocycles. The number of fused-ring (bicyclic) bond motifs is 2. The fraction of sp³-hybridized carbons (Fsp3) is 0.667. The zero-order chi connectivity index (χ0) is 13.6. The van der Waals surface area contributed by atoms with E-state index in [1.165, 1.54) is 62.7 Å². The van der Waals surface area contributed by atoms with Gasteiger partial charge in [0.2, 0.25) is 0 Å². The van der Waals surface area contributed by atoms with E-state index in [0.717, 1.165) is 18.2 Å². The highest BCUT2D eigenvalue weighted by atomic mass is 16.5. The summed E-state index contributed by atoms with van der Waals surface area (Å²) in [6.07, 6.45) is 9.07. The van der Waals surface area contributed by atoms with Crippen molar-refractivity contribution in [1.29, 1.82) is 0 Å². The van der Waals surface area contributed by atoms with Gasteiger partial charge in [0.15, 0.2) is 0 Å². The van der Waals surface area contributed by atoms with Crippen LogP contribution in [-0.2, 0) is 6.42 Å². The molecule has 0 radical (unpaired) electrons. The first-order valence-corrected chi connectivity index (χ1v) is 8.27. The molecular weight excluding hydrogens is 246 g/mol. The Labute approximate surface area is 122 Å². The van der Waals surface area contributed by atoms with Gasteiger partial charge in [0, 0.05) is 18.9 Å². The van der Waals surface area contributed by atoms with E-state index in [-0.39, 0.29) is 5.60 Å². The van der Waals surface area contributed by atoms with Crippen molar-refractivity contribution in [3.63, 3.8) is 0 Å². The molecule has 3 heterocycles. The van der Waals surface area contributed by atoms with Crippen LogP contribution < -0.4 is 4.74 Å². The van der Waals surface area contributed by atoms with E-state index in [9.17, 15) is 0 Å². The Balaban J connectivity index is 1.59. The van der Waals surface area contributed by atoms with E-state index >= 15 is 0 Å². The third-order valence-corrected chi connectivity index (χ3v) is 5.49. The van der Waals surface area contributed by atoms with Crippen LogP contribution in [0.5, 0.6) is 5.75 Å². The maximum absolute atomic E-state index is 6.49. The Bertz CT molecular complexity index is 512. The fourth-order valence-electron chi connectivity index (χ4n) is 4.54. The van der Waals surface area contributed by atoms with E-state index in [1.54, 1.807) is 0 Å². The summed E-state index contributed by atoms with van der Waals surface area (Å²) in [6, 6.07) is 7.46. The van der Waals surface area contributed by atoms with Gasteiger partial charge in [0.05, 0.1) is 0 Å². The summed E-state index contributed by atoms with van der Waals surface area (Å²) in [6.45, 7) is 4.78. The Hall–Kier alpha value is -1.02. The molecular formula is C18H25NO. The molecule has 2 nitrogen and oxygen atoms in total. The predicted molar refractivity (Wildman–Crippen MR) is 81.3 cm³/mol. The van der Waals surface area contributed by atoms with Crippen molar-refractivity contribution < 1.29 is 4.74 Å². The summed E-state index contributed by atoms with van der Waals surface area (Å²) in [4.78, 5) is 2.73. The molecule has 2 fully saturated rings. The molecule has 1 aromatic rings. The number of aryl methyl sites for hydroxylation is 1. The Morgan fingerprint density at radius 1 is 1.20 bits per heavy atom. The number of hydrogen-bond donors (Lipinski definition) is 0. The molecule has 0 saturated carbocycles. The van der Waals surface area contributed by atoms with Crippen molar-refractivity contribution in [1.82, 2.24) is 4.90 Å². The van der Waals surface area contributed by atoms with Crippen LogP contribution in [0.25, 0.3) is 0 Å². The quantitative estimate of drug-likeness (QED) is 0.713. The summed E-state index contributed by atoms with van der Waals surface area (Å²) < 4.78 is 6.49. The maximum atomic E-state index is 6.49. The van der Waals surface area contributed by atoms with Crippen molar-refractivity contribution in [2.75, 3.05) is 13.1 Å². The molecule has 3 aliphatic rings. The van der Waals surface area contributed by atoms with Crippen LogP contribution in [0.15, 0.2) is 18.2 Å². The highest BCUT2D eigenvalue weighted by Gasteiger charge is 2.44. The lowest BCUT2D eigenvalue weighted by molar-refractivity contribution is 0.0496. The average Bonchev–Trinajstić information content (AvgIpc) is 2.67. The first-order chi connectivity index (χ1) is 9.74. The van der Waals surface area contributed by atoms with Gasteiger partial charge in [-0.15, -0.1) is 0 Å². The minimum atomic E-state index is 0.104. The summed E-state index contributed by atoms with van der Waals surface area (Å²) in [7, 11) is 0. The van der Waals surface area contributed by atoms with Crippen LogP contribution in [-0.4, -0.2) is 29.6 Å². The highest BCUT2D eigenvalue weighted by Crippen LogP contribution is 2.43. The molecule has 20 heavy (non-hydrogen) atoms. The second kappa shape index (κ2) is 4.77. The van der Waals surface area contributed by atoms with Crippen LogP contribution >= 0.6 is 0 Å². The molecule has 2 unspecified atom stereocenters. The monoisotopic (exact) mass is 271 g/mol. The van der Waals surface area contributed by atoms with Gasteiger partial charge in [-0.1, -0.05) is 24.1 Å². The third-order valence-electron chi connectivity index (χ3n) is 5.49. The van der Waals surface area contributed by atoms with Gasteiger partial charge in [-0.3, -0.25) is 0 Å². The molecule has 2 saturated heterocycles. The van der Waals surface area contributed by atoms with Crippen molar-refractivity contribution in [2.45, 2.75) is 63.5 Å². The second-order valence-electron chi connectivity index (χ2n) is 7.07. The fourth-order valence-corrected chi connectivity index (χ4v) is 4.54. The first kappa shape index (κ1) is 12.7. The number of ether oxygens (including phenoxy) is 1. The molecule has 1 spiro atoms. The SMILES string of the molecule is Cc1ccc2c(c1)CC1(CCCN3CCCCC3C1)O2. The summed E-state index contributed by atoms with van der Waals surface area (Å²) >= 11 is 0. The third kappa shape index (κ3) is 2.14. The number of benzene rings is 1. The molecule has 108 valence electrons. The molecule has 2 heteroatoms. The number of rotatable bonds is 0. The topological polar surface area (TPSA) is 12.5 Å². The zero-order valence-corrected chi connectivity index (χ0v) is 12.5. The molecule has 0 N–H and O–H groups in total. The van der Waals surface area contributed by atoms with E-state index in [1.807, 2.05) is 0 Å². The Morgan fingerprint density at radius 3 is 3.05 bits per heavy atom. The van der Waals surface area contributed by atoms with Crippen LogP contribution in [0.3, 0.4) is 0 Å². The minimum absolute atomic E-state index is 0.104. The van der Waals surface area contributed by atoms with Gasteiger partial charge in [-0.2, -0.15) is 0 Å². The largest absolute Gasteiger partial charge is 0.487 e. The maximum Gasteiger partial charge on any atom is 0.123 e. The van der Waals surface area contributed by atoms with E-state index in [2.05, 4.69) is 30.0 Å². The molecule has 0 amide bonds. The smallest absolute Gasteiger partial charge is 0.123 e. The van der Waals surface area contributed by atoms with Crippen molar-refractivity contribution in [3.05, 3.63) is 29.3 Å². The number of piperidine rings is 1. The van der Waals surface area contributed by atoms with Crippen LogP contribution in [0, 0.1) is 6.92 Å². The molecule has 0 bridgehead atoms. The van der Waals surface area contributed by atoms with Gasteiger partial charge in [-0.25, -0.2) is 0 Å². The number of hydrogen-bond acceptors (Lipinski definition) is 2. The second-order valence-corrected chi connectivity index (χ2v) is 7.07. The number of nitrogens with zero attached hydrogens (tertiary/aromatic N) is 1. The summed E-state index contributed by atoms with van der Waals surface area (Å²) in [5.74, 6) is 1.15. The standard InChI is InChI=1S/C18H25NO/c1-14-6-7-17-15(11-14)12-18(20-17)8-4-10-19-9-3-2-5-16(19)13-18/h6-7,11,16H,2-5,8-10,12-13H2,1H3. The summed E-state index contributed by atoms with van der Waals surface area (Å²) in [5.41, 5.74) is 2.90. The minimum Gasteiger partial charge on any atom is -0.487 e. The molecule has 4 rings (SSSR count). The molecule has 1 aromatic carbocycles. The molecule has 0 aliphatic carbocycles. The van der Waals surface area contributed by atoms with Crippen LogP contribution in [0.1, 0.15) is 49.7 Å². The Morgan fingerprint density at radius 2 is 2.10 bits per heavy atom. The van der Waals surface area contributed by atoms with Crippen LogP contribution in [0.2, 0.25) is 0 Å². The first-order valence-electron chi connectivity index (χ1n) is 8.27. The van der Waals surface area contributed by atoms with Gasteiger partial charge < -0.3 is 9.64 Å². The highest BCUT2D eigenvalue weighted by molar-refractivity contribution is 5.42. The van der Waals surface area contributed by atoms with Crippen molar-refractivity contribution in [3.8, 4) is 5.75 Å². The average molecular weight is 271 g/mol. The predicted octanol–water partition coefficient (Wildman–Crippen LogP) is 3.71. The van der Waals surface area contributed by atoms with E-state index in [0.29, 0.717) is 0 Å². The normalized spacial score (nSPS) is 33.4. The van der Waals surface area contributed by atoms with Gasteiger partial charge in [-0.05, 0) is 57.3 Å². The van der Waals surface area contributed by atoms with E-state index < -0.39 is 0 Å². The Kier molecular flexibility index (Phi) is 3.03. The van der Waals surface area contributed by atoms with E-state index in [4.69, 9.17) is 4.74 Å². The van der Waals surface area contributed by atoms with Crippen molar-refractivity contribution in [2.24, 2.45) is 0 Å². The molecule has 3 aliphatic heterocycles. The lowest BCUT2D eigenvalue weighted by Gasteiger charge is -2.37. The van der Waals surface area contributed by atoms with Crippen molar-refractivity contribution >= 4 is 0 Å². The van der Waals surface area contributed by atoms with Gasteiger partial charge in [0.1, 0.15) is 11.4 Å². The summed E-state index contributed by atoms with van der Waals surface area (Å²) in [5, 5.41) is 0. The zero-order valence-electron chi connectivity index (χ0n) is 12.5. The van der Waals surface area contributed by atoms with Crippen LogP contribution in [0.4, 0.5) is 0 Å². The lowest BCUT2D eigenvalue weighted by Crippen LogP contribution is -2.44. The van der Waals surface area contributed by atoms with Gasteiger partial charge in [0.25, 0.3) is 0 Å². The molecule has 2 atom stereocenters. The van der Waals surface area contributed by atoms with Gasteiger partial charge >= 0.3 is 0 Å².